The summed E-state index contributed by atoms with van der Waals surface area (Å²) < 4.78 is 14.3. The van der Waals surface area contributed by atoms with E-state index in [4.69, 9.17) is 9.47 Å². The molecular formula is C9H14O6. The van der Waals surface area contributed by atoms with Crippen LogP contribution in [0.2, 0.25) is 0 Å². The zero-order valence-corrected chi connectivity index (χ0v) is 9.07. The van der Waals surface area contributed by atoms with Crippen LogP contribution in [0.25, 0.3) is 0 Å². The largest absolute Gasteiger partial charge is 0.467 e. The summed E-state index contributed by atoms with van der Waals surface area (Å²) in [5.41, 5.74) is -2.04. The summed E-state index contributed by atoms with van der Waals surface area (Å²) in [6.07, 6.45) is -1.36. The number of rotatable bonds is 2. The molecule has 1 heterocycles. The molecule has 15 heavy (non-hydrogen) atoms. The Morgan fingerprint density at radius 1 is 1.60 bits per heavy atom. The topological polar surface area (TPSA) is 82.1 Å². The number of carbonyl (C=O) groups excluding carboxylic acids is 2. The molecule has 0 aromatic heterocycles. The van der Waals surface area contributed by atoms with Crippen LogP contribution < -0.4 is 0 Å². The van der Waals surface area contributed by atoms with Crippen molar-refractivity contribution in [3.63, 3.8) is 0 Å². The number of aliphatic hydroxyl groups is 1. The molecule has 0 bridgehead atoms. The number of esters is 2. The standard InChI is InChI=1S/C9H14O6/c1-8(2)14-5(6(10)15-8)9(3,12)7(11)13-4/h5,12H,1-4H3. The molecule has 2 unspecified atom stereocenters. The van der Waals surface area contributed by atoms with Gasteiger partial charge in [-0.3, -0.25) is 0 Å². The van der Waals surface area contributed by atoms with E-state index in [0.717, 1.165) is 14.0 Å². The van der Waals surface area contributed by atoms with E-state index in [1.807, 2.05) is 0 Å². The van der Waals surface area contributed by atoms with Gasteiger partial charge in [0.15, 0.2) is 11.7 Å². The first-order chi connectivity index (χ1) is 6.70. The second-order valence-electron chi connectivity index (χ2n) is 3.96. The Bertz CT molecular complexity index is 293. The molecule has 0 aromatic carbocycles. The minimum Gasteiger partial charge on any atom is -0.467 e. The van der Waals surface area contributed by atoms with Gasteiger partial charge < -0.3 is 19.3 Å². The van der Waals surface area contributed by atoms with Crippen LogP contribution in [-0.4, -0.2) is 41.6 Å². The maximum atomic E-state index is 11.3. The molecule has 0 spiro atoms. The lowest BCUT2D eigenvalue weighted by Gasteiger charge is -2.24. The fraction of sp³-hybridized carbons (Fsp3) is 0.778. The molecule has 1 rings (SSSR count). The van der Waals surface area contributed by atoms with Gasteiger partial charge in [0.05, 0.1) is 7.11 Å². The highest BCUT2D eigenvalue weighted by atomic mass is 16.8. The quantitative estimate of drug-likeness (QED) is 0.634. The summed E-state index contributed by atoms with van der Waals surface area (Å²) in [5, 5.41) is 9.78. The highest BCUT2D eigenvalue weighted by molar-refractivity contribution is 5.89. The molecule has 1 fully saturated rings. The molecule has 86 valence electrons. The maximum Gasteiger partial charge on any atom is 0.341 e. The second kappa shape index (κ2) is 3.46. The van der Waals surface area contributed by atoms with Crippen LogP contribution in [0.1, 0.15) is 20.8 Å². The van der Waals surface area contributed by atoms with Gasteiger partial charge in [0.1, 0.15) is 0 Å². The molecule has 2 atom stereocenters. The number of methoxy groups -OCH3 is 1. The monoisotopic (exact) mass is 218 g/mol. The maximum absolute atomic E-state index is 11.3. The predicted molar refractivity (Wildman–Crippen MR) is 47.7 cm³/mol. The molecule has 0 amide bonds. The molecule has 6 nitrogen and oxygen atoms in total. The average molecular weight is 218 g/mol. The van der Waals surface area contributed by atoms with E-state index in [1.165, 1.54) is 13.8 Å². The second-order valence-corrected chi connectivity index (χ2v) is 3.96. The Morgan fingerprint density at radius 2 is 2.13 bits per heavy atom. The number of ether oxygens (including phenoxy) is 3. The van der Waals surface area contributed by atoms with E-state index in [9.17, 15) is 14.7 Å². The van der Waals surface area contributed by atoms with E-state index < -0.39 is 29.4 Å². The van der Waals surface area contributed by atoms with Crippen LogP contribution >= 0.6 is 0 Å². The molecule has 1 aliphatic heterocycles. The Balaban J connectivity index is 2.90. The Morgan fingerprint density at radius 3 is 2.47 bits per heavy atom. The summed E-state index contributed by atoms with van der Waals surface area (Å²) in [6.45, 7) is 4.17. The van der Waals surface area contributed by atoms with Crippen molar-refractivity contribution in [2.45, 2.75) is 38.3 Å². The van der Waals surface area contributed by atoms with Gasteiger partial charge in [-0.15, -0.1) is 0 Å². The molecule has 6 heteroatoms. The molecule has 0 aromatic rings. The van der Waals surface area contributed by atoms with Gasteiger partial charge in [-0.1, -0.05) is 0 Å². The smallest absolute Gasteiger partial charge is 0.341 e. The van der Waals surface area contributed by atoms with E-state index in [2.05, 4.69) is 4.74 Å². The molecule has 1 N–H and O–H groups in total. The van der Waals surface area contributed by atoms with Crippen molar-refractivity contribution in [3.05, 3.63) is 0 Å². The van der Waals surface area contributed by atoms with Crippen molar-refractivity contribution < 1.29 is 28.9 Å². The molecular weight excluding hydrogens is 204 g/mol. The van der Waals surface area contributed by atoms with Crippen LogP contribution in [0.15, 0.2) is 0 Å². The molecule has 0 saturated carbocycles. The zero-order chi connectivity index (χ0) is 11.9. The van der Waals surface area contributed by atoms with Gasteiger partial charge in [-0.2, -0.15) is 0 Å². The Kier molecular flexibility index (Phi) is 2.75. The van der Waals surface area contributed by atoms with E-state index in [1.54, 1.807) is 0 Å². The third kappa shape index (κ3) is 2.10. The van der Waals surface area contributed by atoms with Crippen molar-refractivity contribution in [2.75, 3.05) is 7.11 Å². The molecule has 0 aliphatic carbocycles. The Labute approximate surface area is 87.1 Å². The third-order valence-corrected chi connectivity index (χ3v) is 2.07. The lowest BCUT2D eigenvalue weighted by molar-refractivity contribution is -0.188. The van der Waals surface area contributed by atoms with Crippen LogP contribution in [0.3, 0.4) is 0 Å². The van der Waals surface area contributed by atoms with Gasteiger partial charge in [0.25, 0.3) is 0 Å². The van der Waals surface area contributed by atoms with Crippen molar-refractivity contribution in [2.24, 2.45) is 0 Å². The fourth-order valence-corrected chi connectivity index (χ4v) is 1.31. The summed E-state index contributed by atoms with van der Waals surface area (Å²) in [5.74, 6) is -2.86. The fourth-order valence-electron chi connectivity index (χ4n) is 1.31. The van der Waals surface area contributed by atoms with Crippen LogP contribution in [0, 0.1) is 0 Å². The third-order valence-electron chi connectivity index (χ3n) is 2.07. The van der Waals surface area contributed by atoms with Crippen LogP contribution in [0.5, 0.6) is 0 Å². The summed E-state index contributed by atoms with van der Waals surface area (Å²) in [6, 6.07) is 0. The summed E-state index contributed by atoms with van der Waals surface area (Å²) in [4.78, 5) is 22.6. The minimum atomic E-state index is -2.04. The SMILES string of the molecule is COC(=O)C(C)(O)C1OC(C)(C)OC1=O. The molecule has 0 radical (unpaired) electrons. The van der Waals surface area contributed by atoms with Crippen molar-refractivity contribution in [1.29, 1.82) is 0 Å². The first kappa shape index (κ1) is 11.9. The van der Waals surface area contributed by atoms with Gasteiger partial charge in [-0.05, 0) is 6.92 Å². The molecule has 1 saturated heterocycles. The lowest BCUT2D eigenvalue weighted by Crippen LogP contribution is -2.50. The minimum absolute atomic E-state index is 0.782. The van der Waals surface area contributed by atoms with E-state index >= 15 is 0 Å². The van der Waals surface area contributed by atoms with E-state index in [0.29, 0.717) is 0 Å². The van der Waals surface area contributed by atoms with E-state index in [-0.39, 0.29) is 0 Å². The average Bonchev–Trinajstić information content (AvgIpc) is 2.38. The highest BCUT2D eigenvalue weighted by Gasteiger charge is 2.54. The van der Waals surface area contributed by atoms with Crippen molar-refractivity contribution >= 4 is 11.9 Å². The number of hydrogen-bond acceptors (Lipinski definition) is 6. The first-order valence-corrected chi connectivity index (χ1v) is 4.42. The summed E-state index contributed by atoms with van der Waals surface area (Å²) >= 11 is 0. The lowest BCUT2D eigenvalue weighted by atomic mass is 10.00. The predicted octanol–water partition coefficient (Wildman–Crippen LogP) is -0.412. The van der Waals surface area contributed by atoms with Gasteiger partial charge in [0.2, 0.25) is 5.79 Å². The number of cyclic esters (lactones) is 1. The van der Waals surface area contributed by atoms with Gasteiger partial charge >= 0.3 is 11.9 Å². The van der Waals surface area contributed by atoms with Crippen LogP contribution in [-0.2, 0) is 23.8 Å². The highest BCUT2D eigenvalue weighted by Crippen LogP contribution is 2.30. The number of hydrogen-bond donors (Lipinski definition) is 1. The van der Waals surface area contributed by atoms with Crippen molar-refractivity contribution in [1.82, 2.24) is 0 Å². The first-order valence-electron chi connectivity index (χ1n) is 4.42. The number of carbonyl (C=O) groups is 2. The zero-order valence-electron chi connectivity index (χ0n) is 9.07. The van der Waals surface area contributed by atoms with Crippen LogP contribution in [0.4, 0.5) is 0 Å². The van der Waals surface area contributed by atoms with Gasteiger partial charge in [-0.25, -0.2) is 9.59 Å². The van der Waals surface area contributed by atoms with Crippen molar-refractivity contribution in [3.8, 4) is 0 Å². The summed E-state index contributed by atoms with van der Waals surface area (Å²) in [7, 11) is 1.11. The van der Waals surface area contributed by atoms with Gasteiger partial charge in [0, 0.05) is 13.8 Å². The molecule has 1 aliphatic rings. The normalized spacial score (nSPS) is 28.1. The Hall–Kier alpha value is -1.14.